The summed E-state index contributed by atoms with van der Waals surface area (Å²) in [6.07, 6.45) is 0. The second-order valence-electron chi connectivity index (χ2n) is 3.53. The summed E-state index contributed by atoms with van der Waals surface area (Å²) in [6, 6.07) is 5.77. The van der Waals surface area contributed by atoms with Gasteiger partial charge in [-0.15, -0.1) is 11.3 Å². The molecule has 0 atom stereocenters. The van der Waals surface area contributed by atoms with Gasteiger partial charge in [-0.3, -0.25) is 0 Å². The molecule has 0 aliphatic carbocycles. The first-order chi connectivity index (χ1) is 7.72. The summed E-state index contributed by atoms with van der Waals surface area (Å²) >= 11 is 7.68. The number of rotatable bonds is 3. The maximum atomic E-state index is 9.16. The SMILES string of the molecule is Cc1cccc(Cl)c1Nc1cscc1CO. The second kappa shape index (κ2) is 4.87. The maximum absolute atomic E-state index is 9.16. The number of hydrogen-bond donors (Lipinski definition) is 2. The Kier molecular flexibility index (Phi) is 3.49. The lowest BCUT2D eigenvalue weighted by Crippen LogP contribution is -1.95. The Morgan fingerprint density at radius 2 is 2.19 bits per heavy atom. The molecule has 0 unspecified atom stereocenters. The van der Waals surface area contributed by atoms with Gasteiger partial charge in [0.25, 0.3) is 0 Å². The van der Waals surface area contributed by atoms with Crippen LogP contribution in [-0.2, 0) is 6.61 Å². The number of thiophene rings is 1. The molecule has 1 aromatic heterocycles. The van der Waals surface area contributed by atoms with E-state index in [-0.39, 0.29) is 6.61 Å². The van der Waals surface area contributed by atoms with Crippen LogP contribution in [0.3, 0.4) is 0 Å². The number of halogens is 1. The van der Waals surface area contributed by atoms with Gasteiger partial charge in [0.1, 0.15) is 0 Å². The van der Waals surface area contributed by atoms with Crippen molar-refractivity contribution in [2.75, 3.05) is 5.32 Å². The Morgan fingerprint density at radius 1 is 1.38 bits per heavy atom. The lowest BCUT2D eigenvalue weighted by atomic mass is 10.2. The molecule has 2 rings (SSSR count). The van der Waals surface area contributed by atoms with Crippen LogP contribution >= 0.6 is 22.9 Å². The summed E-state index contributed by atoms with van der Waals surface area (Å²) in [6.45, 7) is 2.04. The van der Waals surface area contributed by atoms with Crippen molar-refractivity contribution in [3.8, 4) is 0 Å². The number of hydrogen-bond acceptors (Lipinski definition) is 3. The fourth-order valence-electron chi connectivity index (χ4n) is 1.48. The van der Waals surface area contributed by atoms with Crippen molar-refractivity contribution < 1.29 is 5.11 Å². The standard InChI is InChI=1S/C12H12ClNOS/c1-8-3-2-4-10(13)12(8)14-11-7-16-6-9(11)5-15/h2-4,6-7,14-15H,5H2,1H3. The van der Waals surface area contributed by atoms with E-state index >= 15 is 0 Å². The maximum Gasteiger partial charge on any atom is 0.0710 e. The highest BCUT2D eigenvalue weighted by molar-refractivity contribution is 7.08. The first-order valence-electron chi connectivity index (χ1n) is 4.90. The average molecular weight is 254 g/mol. The predicted octanol–water partition coefficient (Wildman–Crippen LogP) is 3.95. The van der Waals surface area contributed by atoms with E-state index in [4.69, 9.17) is 16.7 Å². The van der Waals surface area contributed by atoms with Gasteiger partial charge in [-0.25, -0.2) is 0 Å². The van der Waals surface area contributed by atoms with Crippen molar-refractivity contribution in [1.82, 2.24) is 0 Å². The third-order valence-corrected chi connectivity index (χ3v) is 3.50. The molecule has 4 heteroatoms. The molecular weight excluding hydrogens is 242 g/mol. The van der Waals surface area contributed by atoms with E-state index in [2.05, 4.69) is 5.32 Å². The zero-order valence-electron chi connectivity index (χ0n) is 8.83. The summed E-state index contributed by atoms with van der Waals surface area (Å²) in [5.41, 5.74) is 3.80. The van der Waals surface area contributed by atoms with E-state index < -0.39 is 0 Å². The predicted molar refractivity (Wildman–Crippen MR) is 69.7 cm³/mol. The molecular formula is C12H12ClNOS. The fraction of sp³-hybridized carbons (Fsp3) is 0.167. The van der Waals surface area contributed by atoms with Crippen LogP contribution in [0.15, 0.2) is 29.0 Å². The van der Waals surface area contributed by atoms with Gasteiger partial charge in [0, 0.05) is 10.9 Å². The van der Waals surface area contributed by atoms with Gasteiger partial charge in [-0.05, 0) is 23.9 Å². The van der Waals surface area contributed by atoms with Gasteiger partial charge in [0.2, 0.25) is 0 Å². The van der Waals surface area contributed by atoms with E-state index in [1.807, 2.05) is 35.9 Å². The molecule has 84 valence electrons. The minimum Gasteiger partial charge on any atom is -0.392 e. The molecule has 2 N–H and O–H groups in total. The Labute approximate surface area is 104 Å². The zero-order chi connectivity index (χ0) is 11.5. The summed E-state index contributed by atoms with van der Waals surface area (Å²) < 4.78 is 0. The van der Waals surface area contributed by atoms with Gasteiger partial charge in [0.05, 0.1) is 23.0 Å². The Morgan fingerprint density at radius 3 is 2.88 bits per heavy atom. The number of benzene rings is 1. The number of para-hydroxylation sites is 1. The highest BCUT2D eigenvalue weighted by Crippen LogP contribution is 2.31. The molecule has 2 nitrogen and oxygen atoms in total. The smallest absolute Gasteiger partial charge is 0.0710 e. The van der Waals surface area contributed by atoms with Crippen LogP contribution in [0.2, 0.25) is 5.02 Å². The molecule has 0 fully saturated rings. The molecule has 2 aromatic rings. The number of aliphatic hydroxyl groups is 1. The van der Waals surface area contributed by atoms with Gasteiger partial charge in [-0.1, -0.05) is 23.7 Å². The van der Waals surface area contributed by atoms with Crippen molar-refractivity contribution in [2.24, 2.45) is 0 Å². The molecule has 0 aliphatic heterocycles. The first-order valence-corrected chi connectivity index (χ1v) is 6.22. The van der Waals surface area contributed by atoms with Crippen LogP contribution in [0.1, 0.15) is 11.1 Å². The lowest BCUT2D eigenvalue weighted by Gasteiger charge is -2.11. The van der Waals surface area contributed by atoms with Crippen molar-refractivity contribution in [1.29, 1.82) is 0 Å². The molecule has 0 saturated heterocycles. The van der Waals surface area contributed by atoms with Crippen LogP contribution in [-0.4, -0.2) is 5.11 Å². The molecule has 1 heterocycles. The molecule has 16 heavy (non-hydrogen) atoms. The number of aliphatic hydroxyl groups excluding tert-OH is 1. The van der Waals surface area contributed by atoms with E-state index in [9.17, 15) is 0 Å². The van der Waals surface area contributed by atoms with Crippen molar-refractivity contribution in [3.63, 3.8) is 0 Å². The third-order valence-electron chi connectivity index (χ3n) is 2.39. The summed E-state index contributed by atoms with van der Waals surface area (Å²) in [5.74, 6) is 0. The molecule has 0 radical (unpaired) electrons. The minimum absolute atomic E-state index is 0.0370. The third kappa shape index (κ3) is 2.21. The molecule has 0 saturated carbocycles. The molecule has 0 spiro atoms. The van der Waals surface area contributed by atoms with Gasteiger partial charge < -0.3 is 10.4 Å². The average Bonchev–Trinajstić information content (AvgIpc) is 2.71. The highest BCUT2D eigenvalue weighted by Gasteiger charge is 2.07. The quantitative estimate of drug-likeness (QED) is 0.868. The number of nitrogens with one attached hydrogen (secondary N) is 1. The molecule has 0 aliphatic rings. The first kappa shape index (κ1) is 11.5. The van der Waals surface area contributed by atoms with E-state index in [0.29, 0.717) is 5.02 Å². The van der Waals surface area contributed by atoms with Crippen molar-refractivity contribution in [2.45, 2.75) is 13.5 Å². The van der Waals surface area contributed by atoms with E-state index in [1.165, 1.54) is 0 Å². The zero-order valence-corrected chi connectivity index (χ0v) is 10.4. The Hall–Kier alpha value is -1.03. The molecule has 0 amide bonds. The topological polar surface area (TPSA) is 32.3 Å². The Balaban J connectivity index is 2.34. The molecule has 1 aromatic carbocycles. The van der Waals surface area contributed by atoms with E-state index in [0.717, 1.165) is 22.5 Å². The number of aryl methyl sites for hydroxylation is 1. The summed E-state index contributed by atoms with van der Waals surface area (Å²) in [4.78, 5) is 0. The minimum atomic E-state index is 0.0370. The van der Waals surface area contributed by atoms with Crippen LogP contribution < -0.4 is 5.32 Å². The van der Waals surface area contributed by atoms with Gasteiger partial charge >= 0.3 is 0 Å². The van der Waals surface area contributed by atoms with Crippen LogP contribution in [0.5, 0.6) is 0 Å². The normalized spacial score (nSPS) is 10.4. The number of anilines is 2. The Bertz CT molecular complexity index is 475. The van der Waals surface area contributed by atoms with Crippen LogP contribution in [0.25, 0.3) is 0 Å². The van der Waals surface area contributed by atoms with Gasteiger partial charge in [-0.2, -0.15) is 0 Å². The lowest BCUT2D eigenvalue weighted by molar-refractivity contribution is 0.283. The van der Waals surface area contributed by atoms with E-state index in [1.54, 1.807) is 11.3 Å². The van der Waals surface area contributed by atoms with Crippen molar-refractivity contribution in [3.05, 3.63) is 45.1 Å². The van der Waals surface area contributed by atoms with Crippen LogP contribution in [0, 0.1) is 6.92 Å². The monoisotopic (exact) mass is 253 g/mol. The van der Waals surface area contributed by atoms with Crippen LogP contribution in [0.4, 0.5) is 11.4 Å². The summed E-state index contributed by atoms with van der Waals surface area (Å²) in [5, 5.41) is 17.0. The summed E-state index contributed by atoms with van der Waals surface area (Å²) in [7, 11) is 0. The molecule has 0 bridgehead atoms. The highest BCUT2D eigenvalue weighted by atomic mass is 35.5. The largest absolute Gasteiger partial charge is 0.392 e. The van der Waals surface area contributed by atoms with Gasteiger partial charge in [0.15, 0.2) is 0 Å². The van der Waals surface area contributed by atoms with Crippen molar-refractivity contribution >= 4 is 34.3 Å². The second-order valence-corrected chi connectivity index (χ2v) is 4.68. The fourth-order valence-corrected chi connectivity index (χ4v) is 2.53.